The zero-order chi connectivity index (χ0) is 58.0. The monoisotopic (exact) mass is 1160 g/mol. The number of nitrogens with one attached hydrogen (secondary N) is 5. The number of hydrogen-bond acceptors (Lipinski definition) is 12. The van der Waals surface area contributed by atoms with Crippen LogP contribution < -0.4 is 10.6 Å². The zero-order valence-corrected chi connectivity index (χ0v) is 57.0. The van der Waals surface area contributed by atoms with E-state index in [1.165, 1.54) is 19.3 Å². The van der Waals surface area contributed by atoms with Crippen molar-refractivity contribution in [1.82, 2.24) is 10.6 Å². The molecule has 0 unspecified atom stereocenters. The summed E-state index contributed by atoms with van der Waals surface area (Å²) in [7, 11) is 10.9. The van der Waals surface area contributed by atoms with Crippen molar-refractivity contribution in [3.63, 3.8) is 0 Å². The van der Waals surface area contributed by atoms with Crippen LogP contribution in [0.15, 0.2) is 0 Å². The second-order valence-corrected chi connectivity index (χ2v) is 35.9. The van der Waals surface area contributed by atoms with E-state index in [-0.39, 0.29) is 22.6 Å². The molecule has 0 radical (unpaired) electrons. The summed E-state index contributed by atoms with van der Waals surface area (Å²) in [6.07, 6.45) is 22.8. The molecule has 0 spiro atoms. The number of hydrogen-bond donors (Lipinski definition) is 5. The van der Waals surface area contributed by atoms with Crippen molar-refractivity contribution in [1.29, 1.82) is 16.2 Å². The van der Waals surface area contributed by atoms with Crippen LogP contribution in [0.1, 0.15) is 272 Å². The van der Waals surface area contributed by atoms with Gasteiger partial charge in [-0.05, 0) is 154 Å². The average molecular weight is 1170 g/mol. The van der Waals surface area contributed by atoms with Crippen LogP contribution in [0, 0.1) is 48.7 Å². The maximum atomic E-state index is 11.8. The minimum Gasteiger partial charge on any atom is -0.356 e. The fraction of sp³-hybridized carbons (Fsp3) is 0.902. The maximum absolute atomic E-state index is 11.8. The highest BCUT2D eigenvalue weighted by Crippen LogP contribution is 2.29. The number of ketones is 1. The molecule has 2 amide bonds. The molecular weight excluding hydrogens is 1040 g/mol. The lowest BCUT2D eigenvalue weighted by atomic mass is 9.89. The lowest BCUT2D eigenvalue weighted by Gasteiger charge is -2.17. The van der Waals surface area contributed by atoms with Gasteiger partial charge in [-0.3, -0.25) is 14.4 Å². The largest absolute Gasteiger partial charge is 0.356 e. The van der Waals surface area contributed by atoms with E-state index in [1.807, 2.05) is 32.4 Å². The molecule has 0 atom stereocenters. The highest BCUT2D eigenvalue weighted by atomic mass is 33.1. The Hall–Kier alpha value is -0.280. The average Bonchev–Trinajstić information content (AvgIpc) is 3.23. The molecule has 0 rings (SSSR count). The van der Waals surface area contributed by atoms with Crippen molar-refractivity contribution < 1.29 is 14.4 Å². The first-order valence-electron chi connectivity index (χ1n) is 29.0. The molecule has 0 saturated heterocycles. The van der Waals surface area contributed by atoms with Crippen molar-refractivity contribution in [2.24, 2.45) is 32.5 Å². The Balaban J connectivity index is -0.00000104. The van der Waals surface area contributed by atoms with Crippen LogP contribution in [0.5, 0.6) is 0 Å². The van der Waals surface area contributed by atoms with E-state index in [1.54, 1.807) is 32.4 Å². The van der Waals surface area contributed by atoms with Gasteiger partial charge in [-0.2, -0.15) is 0 Å². The fourth-order valence-corrected chi connectivity index (χ4v) is 13.2. The molecule has 75 heavy (non-hydrogen) atoms. The number of rotatable bonds is 40. The highest BCUT2D eigenvalue weighted by Gasteiger charge is 2.15. The van der Waals surface area contributed by atoms with Gasteiger partial charge in [0.2, 0.25) is 11.8 Å². The molecule has 0 aromatic heterocycles. The molecule has 8 nitrogen and oxygen atoms in total. The topological polar surface area (TPSA) is 147 Å². The first-order chi connectivity index (χ1) is 34.5. The van der Waals surface area contributed by atoms with Gasteiger partial charge in [-0.1, -0.05) is 189 Å². The van der Waals surface area contributed by atoms with Crippen molar-refractivity contribution in [3.8, 4) is 0 Å². The summed E-state index contributed by atoms with van der Waals surface area (Å²) in [5.74, 6) is 6.56. The fourth-order valence-electron chi connectivity index (χ4n) is 6.95. The molecule has 0 aliphatic heterocycles. The second kappa shape index (κ2) is 45.3. The lowest BCUT2D eigenvalue weighted by Crippen LogP contribution is -2.27. The summed E-state index contributed by atoms with van der Waals surface area (Å²) < 4.78 is 0. The summed E-state index contributed by atoms with van der Waals surface area (Å²) in [6.45, 7) is 41.7. The van der Waals surface area contributed by atoms with Crippen molar-refractivity contribution in [2.75, 3.05) is 47.6 Å². The molecule has 5 N–H and O–H groups in total. The van der Waals surface area contributed by atoms with E-state index in [4.69, 9.17) is 16.2 Å². The zero-order valence-electron chi connectivity index (χ0n) is 52.1. The number of amides is 2. The molecule has 0 aromatic rings. The smallest absolute Gasteiger partial charge is 0.220 e. The van der Waals surface area contributed by atoms with E-state index in [0.717, 1.165) is 167 Å². The summed E-state index contributed by atoms with van der Waals surface area (Å²) in [4.78, 5) is 35.2. The van der Waals surface area contributed by atoms with Crippen LogP contribution in [0.3, 0.4) is 0 Å². The Morgan fingerprint density at radius 3 is 0.787 bits per heavy atom. The molecule has 14 heteroatoms. The van der Waals surface area contributed by atoms with Crippen molar-refractivity contribution in [3.05, 3.63) is 0 Å². The first-order valence-corrected chi connectivity index (χ1v) is 36.4. The SMILES string of the molecule is CC(C)(C)CCCC(=N)CCCSSCCC(=O)NCCC(C)(C)C.CC(C)(C)CCCC(=N)CCCSSCCCC(=N)CCCC(C)(C)C.CC(C)(C)CCCC(=O)CCSSCCC(=O)NCCC(C)(C)C. The van der Waals surface area contributed by atoms with E-state index >= 15 is 0 Å². The molecule has 0 saturated carbocycles. The minimum atomic E-state index is 0.130. The standard InChI is InChI=1S/C22H44N2S2.C20H40N2OS2.C19H37NO2S2/c1-21(2,3)15-7-11-19(23)13-9-17-25-26-18-10-14-20(24)12-8-16-22(4,5)6;1-19(2,3)12-7-9-17(21)10-8-15-24-25-16-11-18(23)22-14-13-20(4,5)6;1-18(2,3)11-7-8-16(21)9-14-23-24-15-10-17(22)20-13-12-19(4,5)6/h23-24H,7-18H2,1-6H3;21H,7-16H2,1-6H3,(H,22,23);7-15H2,1-6H3,(H,20,22). The van der Waals surface area contributed by atoms with Crippen LogP contribution in [0.25, 0.3) is 0 Å². The van der Waals surface area contributed by atoms with Crippen molar-refractivity contribution in [2.45, 2.75) is 272 Å². The van der Waals surface area contributed by atoms with E-state index in [2.05, 4.69) is 135 Å². The Morgan fingerprint density at radius 2 is 0.520 bits per heavy atom. The third-order valence-electron chi connectivity index (χ3n) is 11.7. The van der Waals surface area contributed by atoms with Gasteiger partial charge in [0.15, 0.2) is 0 Å². The van der Waals surface area contributed by atoms with Crippen LogP contribution in [0.4, 0.5) is 0 Å². The van der Waals surface area contributed by atoms with Gasteiger partial charge in [0, 0.05) is 90.4 Å². The molecule has 0 aliphatic carbocycles. The number of carbonyl (C=O) groups excluding carboxylic acids is 3. The molecule has 0 aromatic carbocycles. The van der Waals surface area contributed by atoms with Gasteiger partial charge >= 0.3 is 0 Å². The van der Waals surface area contributed by atoms with Crippen LogP contribution in [-0.2, 0) is 14.4 Å². The molecule has 0 fully saturated rings. The Bertz CT molecular complexity index is 1390. The summed E-state index contributed by atoms with van der Waals surface area (Å²) in [5.41, 5.74) is 4.80. The molecular formula is C61H121N5O3S6. The maximum Gasteiger partial charge on any atom is 0.220 e. The van der Waals surface area contributed by atoms with Crippen molar-refractivity contribution >= 4 is 99.5 Å². The van der Waals surface area contributed by atoms with Gasteiger partial charge in [-0.15, -0.1) is 0 Å². The van der Waals surface area contributed by atoms with Gasteiger partial charge in [0.05, 0.1) is 0 Å². The van der Waals surface area contributed by atoms with Crippen LogP contribution >= 0.6 is 64.8 Å². The summed E-state index contributed by atoms with van der Waals surface area (Å²) in [5, 5.41) is 30.1. The Kier molecular flexibility index (Phi) is 47.7. The normalized spacial score (nSPS) is 12.3. The second-order valence-electron chi connectivity index (χ2n) is 27.8. The van der Waals surface area contributed by atoms with Crippen LogP contribution in [-0.4, -0.2) is 82.3 Å². The van der Waals surface area contributed by atoms with Gasteiger partial charge in [0.1, 0.15) is 5.78 Å². The van der Waals surface area contributed by atoms with E-state index in [0.29, 0.717) is 53.1 Å². The Labute approximate surface area is 489 Å². The predicted molar refractivity (Wildman–Crippen MR) is 352 cm³/mol. The summed E-state index contributed by atoms with van der Waals surface area (Å²) in [6, 6.07) is 0. The third-order valence-corrected chi connectivity index (χ3v) is 19.1. The molecule has 0 heterocycles. The van der Waals surface area contributed by atoms with E-state index < -0.39 is 0 Å². The van der Waals surface area contributed by atoms with E-state index in [9.17, 15) is 14.4 Å². The minimum absolute atomic E-state index is 0.130. The van der Waals surface area contributed by atoms with Gasteiger partial charge in [-0.25, -0.2) is 0 Å². The number of Topliss-reactive ketones (excluding diaryl/α,β-unsaturated/α-hetero) is 1. The van der Waals surface area contributed by atoms with Gasteiger partial charge in [0.25, 0.3) is 0 Å². The van der Waals surface area contributed by atoms with Crippen LogP contribution in [0.2, 0.25) is 0 Å². The lowest BCUT2D eigenvalue weighted by molar-refractivity contribution is -0.121. The summed E-state index contributed by atoms with van der Waals surface area (Å²) >= 11 is 0. The molecule has 444 valence electrons. The molecule has 0 bridgehead atoms. The third kappa shape index (κ3) is 73.7. The quantitative estimate of drug-likeness (QED) is 0.0230. The highest BCUT2D eigenvalue weighted by molar-refractivity contribution is 8.77. The first kappa shape index (κ1) is 78.9. The van der Waals surface area contributed by atoms with Gasteiger partial charge < -0.3 is 26.9 Å². The number of carbonyl (C=O) groups is 3. The predicted octanol–water partition coefficient (Wildman–Crippen LogP) is 20.2. The Morgan fingerprint density at radius 1 is 0.293 bits per heavy atom. The molecule has 0 aliphatic rings.